The molecule has 3 nitrogen and oxygen atoms in total. The first-order valence-corrected chi connectivity index (χ1v) is 6.40. The molecule has 0 unspecified atom stereocenters. The molecule has 0 fully saturated rings. The van der Waals surface area contributed by atoms with Gasteiger partial charge < -0.3 is 5.73 Å². The SMILES string of the molecule is CS(=O)(=O)c1cc(CCN)ccc1Cl. The van der Waals surface area contributed by atoms with Crippen molar-refractivity contribution in [3.05, 3.63) is 28.8 Å². The van der Waals surface area contributed by atoms with Crippen LogP contribution in [0, 0.1) is 0 Å². The van der Waals surface area contributed by atoms with E-state index in [-0.39, 0.29) is 9.92 Å². The van der Waals surface area contributed by atoms with Gasteiger partial charge in [0.2, 0.25) is 0 Å². The number of benzene rings is 1. The Balaban J connectivity index is 3.22. The van der Waals surface area contributed by atoms with Crippen LogP contribution >= 0.6 is 11.6 Å². The molecule has 0 aliphatic heterocycles. The van der Waals surface area contributed by atoms with Gasteiger partial charge in [0.15, 0.2) is 9.84 Å². The van der Waals surface area contributed by atoms with Gasteiger partial charge in [-0.3, -0.25) is 0 Å². The van der Waals surface area contributed by atoms with Crippen LogP contribution in [0.25, 0.3) is 0 Å². The van der Waals surface area contributed by atoms with E-state index in [9.17, 15) is 8.42 Å². The smallest absolute Gasteiger partial charge is 0.177 e. The third kappa shape index (κ3) is 2.70. The van der Waals surface area contributed by atoms with Crippen LogP contribution in [-0.4, -0.2) is 21.2 Å². The van der Waals surface area contributed by atoms with E-state index in [0.29, 0.717) is 13.0 Å². The van der Waals surface area contributed by atoms with Crippen molar-refractivity contribution in [3.8, 4) is 0 Å². The van der Waals surface area contributed by atoms with Crippen LogP contribution in [0.5, 0.6) is 0 Å². The lowest BCUT2D eigenvalue weighted by atomic mass is 10.1. The fraction of sp³-hybridized carbons (Fsp3) is 0.333. The fourth-order valence-electron chi connectivity index (χ4n) is 1.15. The largest absolute Gasteiger partial charge is 0.330 e. The van der Waals surface area contributed by atoms with Crippen molar-refractivity contribution in [2.45, 2.75) is 11.3 Å². The number of rotatable bonds is 3. The average molecular weight is 234 g/mol. The molecule has 0 aliphatic carbocycles. The summed E-state index contributed by atoms with van der Waals surface area (Å²) in [4.78, 5) is 0.171. The topological polar surface area (TPSA) is 60.2 Å². The minimum Gasteiger partial charge on any atom is -0.330 e. The molecule has 78 valence electrons. The van der Waals surface area contributed by atoms with Crippen molar-refractivity contribution in [1.29, 1.82) is 0 Å². The predicted molar refractivity (Wildman–Crippen MR) is 57.3 cm³/mol. The van der Waals surface area contributed by atoms with Gasteiger partial charge in [-0.25, -0.2) is 8.42 Å². The van der Waals surface area contributed by atoms with Crippen LogP contribution in [0.15, 0.2) is 23.1 Å². The van der Waals surface area contributed by atoms with Crippen molar-refractivity contribution in [1.82, 2.24) is 0 Å². The van der Waals surface area contributed by atoms with Gasteiger partial charge in [-0.15, -0.1) is 0 Å². The molecular weight excluding hydrogens is 222 g/mol. The van der Waals surface area contributed by atoms with Gasteiger partial charge >= 0.3 is 0 Å². The maximum absolute atomic E-state index is 11.3. The molecule has 0 saturated carbocycles. The van der Waals surface area contributed by atoms with E-state index in [2.05, 4.69) is 0 Å². The van der Waals surface area contributed by atoms with Crippen molar-refractivity contribution in [2.75, 3.05) is 12.8 Å². The van der Waals surface area contributed by atoms with Crippen molar-refractivity contribution in [3.63, 3.8) is 0 Å². The highest BCUT2D eigenvalue weighted by Crippen LogP contribution is 2.22. The lowest BCUT2D eigenvalue weighted by Gasteiger charge is -2.04. The minimum atomic E-state index is -3.25. The highest BCUT2D eigenvalue weighted by Gasteiger charge is 2.12. The quantitative estimate of drug-likeness (QED) is 0.855. The molecule has 0 amide bonds. The van der Waals surface area contributed by atoms with Crippen LogP contribution in [0.2, 0.25) is 5.02 Å². The van der Waals surface area contributed by atoms with Crippen molar-refractivity contribution >= 4 is 21.4 Å². The zero-order chi connectivity index (χ0) is 10.8. The molecule has 0 bridgehead atoms. The normalized spacial score (nSPS) is 11.6. The van der Waals surface area contributed by atoms with Crippen LogP contribution in [-0.2, 0) is 16.3 Å². The summed E-state index contributed by atoms with van der Waals surface area (Å²) in [5.74, 6) is 0. The van der Waals surface area contributed by atoms with E-state index in [1.54, 1.807) is 18.2 Å². The molecule has 5 heteroatoms. The van der Waals surface area contributed by atoms with Gasteiger partial charge in [-0.2, -0.15) is 0 Å². The monoisotopic (exact) mass is 233 g/mol. The maximum Gasteiger partial charge on any atom is 0.177 e. The summed E-state index contributed by atoms with van der Waals surface area (Å²) in [5.41, 5.74) is 6.26. The molecule has 0 aliphatic rings. The lowest BCUT2D eigenvalue weighted by Crippen LogP contribution is -2.04. The molecule has 14 heavy (non-hydrogen) atoms. The number of hydrogen-bond donors (Lipinski definition) is 1. The lowest BCUT2D eigenvalue weighted by molar-refractivity contribution is 0.602. The molecule has 0 heterocycles. The third-order valence-corrected chi connectivity index (χ3v) is 3.41. The second-order valence-electron chi connectivity index (χ2n) is 3.08. The van der Waals surface area contributed by atoms with E-state index in [1.807, 2.05) is 0 Å². The third-order valence-electron chi connectivity index (χ3n) is 1.83. The molecule has 0 saturated heterocycles. The summed E-state index contributed by atoms with van der Waals surface area (Å²) < 4.78 is 22.6. The average Bonchev–Trinajstić information content (AvgIpc) is 2.07. The Morgan fingerprint density at radius 2 is 2.07 bits per heavy atom. The van der Waals surface area contributed by atoms with E-state index >= 15 is 0 Å². The van der Waals surface area contributed by atoms with Crippen LogP contribution in [0.4, 0.5) is 0 Å². The molecule has 1 aromatic rings. The minimum absolute atomic E-state index is 0.171. The van der Waals surface area contributed by atoms with Gasteiger partial charge in [0.1, 0.15) is 0 Å². The first-order chi connectivity index (χ1) is 6.45. The van der Waals surface area contributed by atoms with Crippen LogP contribution in [0.3, 0.4) is 0 Å². The van der Waals surface area contributed by atoms with Crippen LogP contribution in [0.1, 0.15) is 5.56 Å². The Bertz CT molecular complexity index is 428. The Morgan fingerprint density at radius 3 is 2.57 bits per heavy atom. The number of nitrogens with two attached hydrogens (primary N) is 1. The van der Waals surface area contributed by atoms with Gasteiger partial charge in [-0.1, -0.05) is 17.7 Å². The molecule has 0 atom stereocenters. The molecule has 2 N–H and O–H groups in total. The summed E-state index contributed by atoms with van der Waals surface area (Å²) >= 11 is 5.77. The van der Waals surface area contributed by atoms with Crippen molar-refractivity contribution < 1.29 is 8.42 Å². The van der Waals surface area contributed by atoms with Gasteiger partial charge in [0.25, 0.3) is 0 Å². The zero-order valence-electron chi connectivity index (χ0n) is 7.83. The van der Waals surface area contributed by atoms with E-state index < -0.39 is 9.84 Å². The van der Waals surface area contributed by atoms with E-state index in [0.717, 1.165) is 11.8 Å². The second-order valence-corrected chi connectivity index (χ2v) is 5.47. The Hall–Kier alpha value is -0.580. The van der Waals surface area contributed by atoms with Crippen LogP contribution < -0.4 is 5.73 Å². The van der Waals surface area contributed by atoms with Gasteiger partial charge in [0, 0.05) is 6.26 Å². The first kappa shape index (κ1) is 11.5. The molecular formula is C9H12ClNO2S. The Labute approximate surface area is 88.8 Å². The Kier molecular flexibility index (Phi) is 3.53. The Morgan fingerprint density at radius 1 is 1.43 bits per heavy atom. The summed E-state index contributed by atoms with van der Waals surface area (Å²) in [7, 11) is -3.25. The van der Waals surface area contributed by atoms with Gasteiger partial charge in [-0.05, 0) is 30.7 Å². The molecule has 0 radical (unpaired) electrons. The van der Waals surface area contributed by atoms with E-state index in [4.69, 9.17) is 17.3 Å². The zero-order valence-corrected chi connectivity index (χ0v) is 9.40. The molecule has 1 aromatic carbocycles. The molecule has 0 aromatic heterocycles. The number of hydrogen-bond acceptors (Lipinski definition) is 3. The highest BCUT2D eigenvalue weighted by molar-refractivity contribution is 7.90. The number of halogens is 1. The standard InChI is InChI=1S/C9H12ClNO2S/c1-14(12,13)9-6-7(4-5-11)2-3-8(9)10/h2-3,6H,4-5,11H2,1H3. The summed E-state index contributed by atoms with van der Waals surface area (Å²) in [6.07, 6.45) is 1.79. The highest BCUT2D eigenvalue weighted by atomic mass is 35.5. The van der Waals surface area contributed by atoms with Gasteiger partial charge in [0.05, 0.1) is 9.92 Å². The summed E-state index contributed by atoms with van der Waals surface area (Å²) in [6.45, 7) is 0.491. The molecule has 1 rings (SSSR count). The second kappa shape index (κ2) is 4.29. The van der Waals surface area contributed by atoms with E-state index in [1.165, 1.54) is 0 Å². The fourth-order valence-corrected chi connectivity index (χ4v) is 2.48. The molecule has 0 spiro atoms. The summed E-state index contributed by atoms with van der Waals surface area (Å²) in [5, 5.41) is 0.258. The summed E-state index contributed by atoms with van der Waals surface area (Å²) in [6, 6.07) is 4.94. The predicted octanol–water partition coefficient (Wildman–Crippen LogP) is 1.24. The number of sulfone groups is 1. The maximum atomic E-state index is 11.3. The first-order valence-electron chi connectivity index (χ1n) is 4.13. The van der Waals surface area contributed by atoms with Crippen molar-refractivity contribution in [2.24, 2.45) is 5.73 Å².